The van der Waals surface area contributed by atoms with E-state index in [0.29, 0.717) is 0 Å². The summed E-state index contributed by atoms with van der Waals surface area (Å²) in [6.45, 7) is 4.11. The highest BCUT2D eigenvalue weighted by molar-refractivity contribution is 8.14. The van der Waals surface area contributed by atoms with E-state index in [1.165, 1.54) is 5.56 Å². The van der Waals surface area contributed by atoms with Crippen LogP contribution in [0.15, 0.2) is 107 Å². The smallest absolute Gasteiger partial charge is 0.126 e. The SMILES string of the molecule is CC(=COc1ccccc1)C(=Nc1ccccc1)Sc1ccc(C)cc1. The molecule has 130 valence electrons. The van der Waals surface area contributed by atoms with Crippen LogP contribution < -0.4 is 4.74 Å². The number of ether oxygens (including phenoxy) is 1. The minimum Gasteiger partial charge on any atom is -0.465 e. The summed E-state index contributed by atoms with van der Waals surface area (Å²) in [5.41, 5.74) is 3.15. The third kappa shape index (κ3) is 5.36. The fraction of sp³-hybridized carbons (Fsp3) is 0.0870. The lowest BCUT2D eigenvalue weighted by Crippen LogP contribution is -1.97. The average Bonchev–Trinajstić information content (AvgIpc) is 2.69. The number of nitrogens with zero attached hydrogens (tertiary/aromatic N) is 1. The van der Waals surface area contributed by atoms with Gasteiger partial charge >= 0.3 is 0 Å². The van der Waals surface area contributed by atoms with Crippen molar-refractivity contribution in [2.24, 2.45) is 4.99 Å². The van der Waals surface area contributed by atoms with Gasteiger partial charge in [0.25, 0.3) is 0 Å². The summed E-state index contributed by atoms with van der Waals surface area (Å²) in [4.78, 5) is 5.97. The molecule has 0 heterocycles. The van der Waals surface area contributed by atoms with Gasteiger partial charge in [0.2, 0.25) is 0 Å². The molecule has 0 unspecified atom stereocenters. The molecule has 0 amide bonds. The van der Waals surface area contributed by atoms with E-state index in [0.717, 1.165) is 26.9 Å². The number of benzene rings is 3. The number of hydrogen-bond donors (Lipinski definition) is 0. The van der Waals surface area contributed by atoms with Crippen molar-refractivity contribution >= 4 is 22.5 Å². The maximum atomic E-state index is 5.79. The normalized spacial score (nSPS) is 12.1. The van der Waals surface area contributed by atoms with Gasteiger partial charge in [0.1, 0.15) is 10.8 Å². The lowest BCUT2D eigenvalue weighted by atomic mass is 10.2. The fourth-order valence-corrected chi connectivity index (χ4v) is 3.09. The van der Waals surface area contributed by atoms with Gasteiger partial charge < -0.3 is 4.74 Å². The number of para-hydroxylation sites is 2. The molecule has 0 aliphatic rings. The number of aliphatic imine (C=N–C) groups is 1. The first-order valence-corrected chi connectivity index (χ1v) is 9.29. The Morgan fingerprint density at radius 3 is 2.12 bits per heavy atom. The predicted octanol–water partition coefficient (Wildman–Crippen LogP) is 6.80. The van der Waals surface area contributed by atoms with Crippen molar-refractivity contribution in [2.45, 2.75) is 18.7 Å². The summed E-state index contributed by atoms with van der Waals surface area (Å²) in [7, 11) is 0. The van der Waals surface area contributed by atoms with Gasteiger partial charge in [0, 0.05) is 10.5 Å². The van der Waals surface area contributed by atoms with Crippen molar-refractivity contribution in [2.75, 3.05) is 0 Å². The number of rotatable bonds is 5. The van der Waals surface area contributed by atoms with Gasteiger partial charge in [-0.05, 0) is 50.2 Å². The lowest BCUT2D eigenvalue weighted by Gasteiger charge is -2.08. The highest BCUT2D eigenvalue weighted by atomic mass is 32.2. The third-order valence-corrected chi connectivity index (χ3v) is 4.79. The summed E-state index contributed by atoms with van der Waals surface area (Å²) >= 11 is 1.64. The zero-order chi connectivity index (χ0) is 18.2. The van der Waals surface area contributed by atoms with Crippen LogP contribution in [0.2, 0.25) is 0 Å². The van der Waals surface area contributed by atoms with Crippen LogP contribution in [0, 0.1) is 6.92 Å². The summed E-state index contributed by atoms with van der Waals surface area (Å²) < 4.78 is 5.79. The second-order valence-electron chi connectivity index (χ2n) is 5.90. The molecule has 3 aromatic rings. The van der Waals surface area contributed by atoms with E-state index < -0.39 is 0 Å². The van der Waals surface area contributed by atoms with Crippen LogP contribution >= 0.6 is 11.8 Å². The Morgan fingerprint density at radius 2 is 1.46 bits per heavy atom. The molecule has 0 N–H and O–H groups in total. The third-order valence-electron chi connectivity index (χ3n) is 3.67. The maximum absolute atomic E-state index is 5.79. The Hall–Kier alpha value is -2.78. The second-order valence-corrected chi connectivity index (χ2v) is 6.96. The van der Waals surface area contributed by atoms with Gasteiger partial charge in [0.15, 0.2) is 0 Å². The van der Waals surface area contributed by atoms with Crippen molar-refractivity contribution in [3.63, 3.8) is 0 Å². The molecule has 0 aliphatic carbocycles. The van der Waals surface area contributed by atoms with E-state index in [9.17, 15) is 0 Å². The molecule has 2 nitrogen and oxygen atoms in total. The van der Waals surface area contributed by atoms with E-state index >= 15 is 0 Å². The maximum Gasteiger partial charge on any atom is 0.126 e. The van der Waals surface area contributed by atoms with Crippen LogP contribution in [-0.2, 0) is 0 Å². The van der Waals surface area contributed by atoms with Crippen molar-refractivity contribution < 1.29 is 4.74 Å². The zero-order valence-electron chi connectivity index (χ0n) is 14.9. The molecule has 0 saturated heterocycles. The Bertz CT molecular complexity index is 885. The molecular weight excluding hydrogens is 338 g/mol. The molecule has 0 fully saturated rings. The Morgan fingerprint density at radius 1 is 0.846 bits per heavy atom. The first kappa shape index (κ1) is 18.0. The van der Waals surface area contributed by atoms with Gasteiger partial charge in [0.05, 0.1) is 11.9 Å². The van der Waals surface area contributed by atoms with E-state index in [4.69, 9.17) is 9.73 Å². The molecule has 26 heavy (non-hydrogen) atoms. The second kappa shape index (κ2) is 9.07. The summed E-state index contributed by atoms with van der Waals surface area (Å²) in [6.07, 6.45) is 1.76. The monoisotopic (exact) mass is 359 g/mol. The fourth-order valence-electron chi connectivity index (χ4n) is 2.24. The van der Waals surface area contributed by atoms with Crippen LogP contribution in [0.4, 0.5) is 5.69 Å². The van der Waals surface area contributed by atoms with Gasteiger partial charge in [-0.1, -0.05) is 65.9 Å². The number of thioether (sulfide) groups is 1. The first-order chi connectivity index (χ1) is 12.7. The highest BCUT2D eigenvalue weighted by Crippen LogP contribution is 2.27. The van der Waals surface area contributed by atoms with E-state index in [1.54, 1.807) is 18.0 Å². The van der Waals surface area contributed by atoms with Gasteiger partial charge in [-0.3, -0.25) is 0 Å². The quantitative estimate of drug-likeness (QED) is 0.216. The molecule has 0 radical (unpaired) electrons. The molecule has 0 saturated carbocycles. The molecule has 0 bridgehead atoms. The molecule has 3 aromatic carbocycles. The molecule has 0 aliphatic heterocycles. The van der Waals surface area contributed by atoms with Crippen molar-refractivity contribution in [1.82, 2.24) is 0 Å². The van der Waals surface area contributed by atoms with Crippen LogP contribution in [0.25, 0.3) is 0 Å². The highest BCUT2D eigenvalue weighted by Gasteiger charge is 2.07. The molecule has 3 rings (SSSR count). The van der Waals surface area contributed by atoms with Crippen molar-refractivity contribution in [3.05, 3.63) is 102 Å². The predicted molar refractivity (Wildman–Crippen MR) is 111 cm³/mol. The number of hydrogen-bond acceptors (Lipinski definition) is 3. The molecular formula is C23H21NOS. The van der Waals surface area contributed by atoms with E-state index in [2.05, 4.69) is 31.2 Å². The topological polar surface area (TPSA) is 21.6 Å². The first-order valence-electron chi connectivity index (χ1n) is 8.48. The van der Waals surface area contributed by atoms with Crippen LogP contribution in [0.3, 0.4) is 0 Å². The Kier molecular flexibility index (Phi) is 6.29. The van der Waals surface area contributed by atoms with Gasteiger partial charge in [-0.15, -0.1) is 0 Å². The van der Waals surface area contributed by atoms with E-state index in [1.807, 2.05) is 67.6 Å². The molecule has 0 spiro atoms. The number of aryl methyl sites for hydroxylation is 1. The Labute approximate surface area is 159 Å². The Balaban J connectivity index is 1.86. The molecule has 0 atom stereocenters. The average molecular weight is 359 g/mol. The van der Waals surface area contributed by atoms with Crippen LogP contribution in [0.1, 0.15) is 12.5 Å². The minimum absolute atomic E-state index is 0.811. The van der Waals surface area contributed by atoms with Crippen molar-refractivity contribution in [1.29, 1.82) is 0 Å². The van der Waals surface area contributed by atoms with E-state index in [-0.39, 0.29) is 0 Å². The zero-order valence-corrected chi connectivity index (χ0v) is 15.7. The van der Waals surface area contributed by atoms with Crippen LogP contribution in [-0.4, -0.2) is 5.04 Å². The minimum atomic E-state index is 0.811. The van der Waals surface area contributed by atoms with Crippen molar-refractivity contribution in [3.8, 4) is 5.75 Å². The summed E-state index contributed by atoms with van der Waals surface area (Å²) in [5, 5.41) is 0.913. The van der Waals surface area contributed by atoms with Gasteiger partial charge in [-0.2, -0.15) is 0 Å². The summed E-state index contributed by atoms with van der Waals surface area (Å²) in [6, 6.07) is 28.2. The molecule has 0 aromatic heterocycles. The lowest BCUT2D eigenvalue weighted by molar-refractivity contribution is 0.478. The molecule has 3 heteroatoms. The van der Waals surface area contributed by atoms with Gasteiger partial charge in [-0.25, -0.2) is 4.99 Å². The van der Waals surface area contributed by atoms with Crippen LogP contribution in [0.5, 0.6) is 5.75 Å². The summed E-state index contributed by atoms with van der Waals surface area (Å²) in [5.74, 6) is 0.811. The standard InChI is InChI=1S/C23H21NOS/c1-18-13-15-22(16-14-18)26-23(24-20-9-5-3-6-10-20)19(2)17-25-21-11-7-4-8-12-21/h3-17H,1-2H3. The largest absolute Gasteiger partial charge is 0.465 e.